The van der Waals surface area contributed by atoms with Crippen molar-refractivity contribution >= 4 is 23.5 Å². The normalized spacial score (nSPS) is 15.5. The average Bonchev–Trinajstić information content (AvgIpc) is 3.32. The van der Waals surface area contributed by atoms with Crippen LogP contribution in [0.5, 0.6) is 0 Å². The van der Waals surface area contributed by atoms with Crippen LogP contribution in [0, 0.1) is 23.0 Å². The Morgan fingerprint density at radius 1 is 1.00 bits per heavy atom. The minimum absolute atomic E-state index is 0.0522. The summed E-state index contributed by atoms with van der Waals surface area (Å²) >= 11 is 0. The van der Waals surface area contributed by atoms with Gasteiger partial charge in [0, 0.05) is 37.0 Å². The van der Waals surface area contributed by atoms with E-state index in [1.54, 1.807) is 4.90 Å². The number of aromatic nitrogens is 1. The molecule has 1 aromatic carbocycles. The number of anilines is 1. The molecule has 0 bridgehead atoms. The van der Waals surface area contributed by atoms with Gasteiger partial charge >= 0.3 is 30.5 Å². The molecule has 45 heavy (non-hydrogen) atoms. The van der Waals surface area contributed by atoms with E-state index in [0.717, 1.165) is 25.3 Å². The monoisotopic (exact) mass is 667 g/mol. The Hall–Kier alpha value is -4.74. The van der Waals surface area contributed by atoms with Crippen LogP contribution in [-0.2, 0) is 9.59 Å². The molecule has 2 atom stereocenters. The van der Waals surface area contributed by atoms with E-state index in [4.69, 9.17) is 25.5 Å². The van der Waals surface area contributed by atoms with E-state index in [9.17, 15) is 58.4 Å². The molecule has 1 aromatic heterocycles. The van der Waals surface area contributed by atoms with Gasteiger partial charge in [-0.2, -0.15) is 44.8 Å². The molecule has 0 spiro atoms. The Balaban J connectivity index is 0.000000601. The molecule has 3 rings (SSSR count). The maximum absolute atomic E-state index is 13.9. The highest BCUT2D eigenvalue weighted by molar-refractivity contribution is 6.04. The van der Waals surface area contributed by atoms with Crippen molar-refractivity contribution < 1.29 is 72.9 Å². The highest BCUT2D eigenvalue weighted by atomic mass is 19.4. The number of carbonyl (C=O) groups is 3. The lowest BCUT2D eigenvalue weighted by Crippen LogP contribution is -2.43. The van der Waals surface area contributed by atoms with Crippen LogP contribution in [0.25, 0.3) is 11.1 Å². The molecule has 0 radical (unpaired) electrons. The predicted octanol–water partition coefficient (Wildman–Crippen LogP) is 4.38. The fraction of sp³-hybridized carbons (Fsp3) is 0.375. The van der Waals surface area contributed by atoms with E-state index >= 15 is 0 Å². The molecule has 1 aliphatic heterocycles. The lowest BCUT2D eigenvalue weighted by molar-refractivity contribution is -0.193. The number of nitriles is 1. The van der Waals surface area contributed by atoms with Gasteiger partial charge in [-0.1, -0.05) is 0 Å². The zero-order valence-corrected chi connectivity index (χ0v) is 22.3. The van der Waals surface area contributed by atoms with Crippen LogP contribution in [0.3, 0.4) is 0 Å². The first kappa shape index (κ1) is 38.3. The van der Waals surface area contributed by atoms with E-state index in [1.807, 2.05) is 11.4 Å². The zero-order valence-electron chi connectivity index (χ0n) is 22.3. The number of carbonyl (C=O) groups excluding carboxylic acids is 1. The molecular weight excluding hydrogens is 647 g/mol. The van der Waals surface area contributed by atoms with Gasteiger partial charge in [0.1, 0.15) is 29.4 Å². The first-order valence-electron chi connectivity index (χ1n) is 11.8. The summed E-state index contributed by atoms with van der Waals surface area (Å²) in [6.45, 7) is 1.34. The quantitative estimate of drug-likeness (QED) is 0.346. The number of nitrogens with zero attached hydrogens (tertiary/aromatic N) is 3. The topological polar surface area (TPSA) is 170 Å². The van der Waals surface area contributed by atoms with Gasteiger partial charge < -0.3 is 26.2 Å². The molecule has 0 aliphatic carbocycles. The number of halogens is 11. The maximum Gasteiger partial charge on any atom is 0.490 e. The molecule has 2 aromatic rings. The van der Waals surface area contributed by atoms with Gasteiger partial charge in [0.2, 0.25) is 0 Å². The smallest absolute Gasteiger partial charge is 0.475 e. The average molecular weight is 667 g/mol. The van der Waals surface area contributed by atoms with Crippen LogP contribution < -0.4 is 16.0 Å². The first-order valence-corrected chi connectivity index (χ1v) is 11.8. The summed E-state index contributed by atoms with van der Waals surface area (Å²) in [5.41, 5.74) is 5.37. The van der Waals surface area contributed by atoms with Gasteiger partial charge in [0.05, 0.1) is 11.3 Å². The van der Waals surface area contributed by atoms with Crippen molar-refractivity contribution in [2.24, 2.45) is 5.73 Å². The largest absolute Gasteiger partial charge is 0.490 e. The molecular formula is C24H20F11N5O5. The summed E-state index contributed by atoms with van der Waals surface area (Å²) in [4.78, 5) is 36.0. The van der Waals surface area contributed by atoms with E-state index in [2.05, 4.69) is 4.98 Å². The molecule has 1 saturated heterocycles. The Morgan fingerprint density at radius 3 is 1.82 bits per heavy atom. The minimum atomic E-state index is -5.08. The fourth-order valence-corrected chi connectivity index (χ4v) is 3.40. The summed E-state index contributed by atoms with van der Waals surface area (Å²) in [5.74, 6) is -8.46. The number of nitrogens with one attached hydrogen (secondary N) is 1. The number of rotatable bonds is 4. The van der Waals surface area contributed by atoms with Crippen molar-refractivity contribution in [3.05, 3.63) is 47.3 Å². The van der Waals surface area contributed by atoms with Crippen LogP contribution in [0.1, 0.15) is 29.4 Å². The third-order valence-electron chi connectivity index (χ3n) is 5.42. The van der Waals surface area contributed by atoms with E-state index in [0.29, 0.717) is 19.0 Å². The summed E-state index contributed by atoms with van der Waals surface area (Å²) in [7, 11) is 0. The van der Waals surface area contributed by atoms with Gasteiger partial charge in [-0.3, -0.25) is 4.79 Å². The van der Waals surface area contributed by atoms with E-state index < -0.39 is 54.1 Å². The van der Waals surface area contributed by atoms with E-state index in [1.165, 1.54) is 0 Å². The molecule has 21 heteroatoms. The van der Waals surface area contributed by atoms with Crippen molar-refractivity contribution in [1.82, 2.24) is 10.3 Å². The van der Waals surface area contributed by atoms with Gasteiger partial charge in [0.15, 0.2) is 0 Å². The number of amides is 1. The summed E-state index contributed by atoms with van der Waals surface area (Å²) in [6.07, 6.45) is -13.4. The molecule has 248 valence electrons. The van der Waals surface area contributed by atoms with Crippen LogP contribution in [-0.4, -0.2) is 76.7 Å². The number of hydrogen-bond donors (Lipinski definition) is 4. The highest BCUT2D eigenvalue weighted by Crippen LogP contribution is 2.38. The maximum atomic E-state index is 13.9. The lowest BCUT2D eigenvalue weighted by atomic mass is 9.97. The van der Waals surface area contributed by atoms with Crippen LogP contribution >= 0.6 is 0 Å². The minimum Gasteiger partial charge on any atom is -0.475 e. The molecule has 2 heterocycles. The Morgan fingerprint density at radius 2 is 1.47 bits per heavy atom. The number of benzene rings is 1. The van der Waals surface area contributed by atoms with Gasteiger partial charge in [0.25, 0.3) is 5.91 Å². The second-order valence-corrected chi connectivity index (χ2v) is 8.85. The van der Waals surface area contributed by atoms with Crippen LogP contribution in [0.15, 0.2) is 24.4 Å². The lowest BCUT2D eigenvalue weighted by Gasteiger charge is -2.26. The van der Waals surface area contributed by atoms with Crippen molar-refractivity contribution in [3.63, 3.8) is 0 Å². The molecule has 1 fully saturated rings. The number of nitrogens with two attached hydrogens (primary N) is 1. The van der Waals surface area contributed by atoms with Gasteiger partial charge in [-0.15, -0.1) is 0 Å². The molecule has 10 nitrogen and oxygen atoms in total. The molecule has 2 unspecified atom stereocenters. The summed E-state index contributed by atoms with van der Waals surface area (Å²) < 4.78 is 130. The number of carboxylic acids is 2. The number of hydrogen-bond acceptors (Lipinski definition) is 7. The fourth-order valence-electron chi connectivity index (χ4n) is 3.40. The third kappa shape index (κ3) is 11.4. The number of alkyl halides is 9. The second-order valence-electron chi connectivity index (χ2n) is 8.85. The Labute approximate surface area is 244 Å². The Kier molecular flexibility index (Phi) is 12.6. The summed E-state index contributed by atoms with van der Waals surface area (Å²) in [5, 5.41) is 25.6. The molecule has 1 amide bonds. The molecule has 1 aliphatic rings. The Bertz CT molecular complexity index is 1390. The first-order chi connectivity index (χ1) is 20.4. The van der Waals surface area contributed by atoms with Crippen LogP contribution in [0.4, 0.5) is 54.0 Å². The van der Waals surface area contributed by atoms with E-state index in [-0.39, 0.29) is 40.7 Å². The number of aliphatic carboxylic acids is 2. The highest BCUT2D eigenvalue weighted by Gasteiger charge is 2.40. The number of carboxylic acid groups (broad SMARTS) is 2. The number of pyridine rings is 1. The standard InChI is InChI=1S/C20H18F5N5O.2C2HF3O2/c1-10(20(23,24)25)29-19(31)15-8-28-16(7-26)17(11-4-12(21)6-13(22)5-11)18(15)30-3-2-14(27)9-30;2*3-2(4,5)1(6)7/h4-6,8,10,14H,2-3,9,27H2,1H3,(H,29,31);2*(H,6,7). The third-order valence-corrected chi connectivity index (χ3v) is 5.42. The van der Waals surface area contributed by atoms with Crippen molar-refractivity contribution in [2.45, 2.75) is 44.0 Å². The van der Waals surface area contributed by atoms with Gasteiger partial charge in [-0.25, -0.2) is 23.4 Å². The summed E-state index contributed by atoms with van der Waals surface area (Å²) in [6, 6.07) is 1.92. The van der Waals surface area contributed by atoms with Crippen LogP contribution in [0.2, 0.25) is 0 Å². The van der Waals surface area contributed by atoms with Crippen molar-refractivity contribution in [2.75, 3.05) is 18.0 Å². The predicted molar refractivity (Wildman–Crippen MR) is 129 cm³/mol. The van der Waals surface area contributed by atoms with Gasteiger partial charge in [-0.05, 0) is 31.0 Å². The SMILES string of the molecule is CC(NC(=O)c1cnc(C#N)c(-c2cc(F)cc(F)c2)c1N1CCC(N)C1)C(F)(F)F.O=C(O)C(F)(F)F.O=C(O)C(F)(F)F. The second kappa shape index (κ2) is 14.8. The van der Waals surface area contributed by atoms with Crippen molar-refractivity contribution in [1.29, 1.82) is 5.26 Å². The molecule has 0 saturated carbocycles. The van der Waals surface area contributed by atoms with Crippen molar-refractivity contribution in [3.8, 4) is 17.2 Å². The molecule has 5 N–H and O–H groups in total. The zero-order chi connectivity index (χ0) is 35.1.